The number of alkyl halides is 1. The predicted molar refractivity (Wildman–Crippen MR) is 66.9 cm³/mol. The van der Waals surface area contributed by atoms with Crippen LogP contribution >= 0.6 is 11.6 Å². The van der Waals surface area contributed by atoms with Crippen LogP contribution in [0.4, 0.5) is 0 Å². The quantitative estimate of drug-likeness (QED) is 0.563. The number of unbranched alkanes of at least 4 members (excludes halogenated alkanes) is 3. The highest BCUT2D eigenvalue weighted by Crippen LogP contribution is 2.39. The predicted octanol–water partition coefficient (Wildman–Crippen LogP) is 4.21. The number of carbonyl (C=O) groups is 1. The number of aliphatic carboxylic acids is 1. The van der Waals surface area contributed by atoms with Crippen molar-refractivity contribution in [1.29, 1.82) is 0 Å². The van der Waals surface area contributed by atoms with Crippen LogP contribution in [0.1, 0.15) is 64.7 Å². The van der Waals surface area contributed by atoms with E-state index in [0.29, 0.717) is 18.8 Å². The molecule has 1 saturated carbocycles. The minimum absolute atomic E-state index is 0.641. The van der Waals surface area contributed by atoms with Gasteiger partial charge in [0.05, 0.1) is 0 Å². The number of hydrogen-bond acceptors (Lipinski definition) is 1. The van der Waals surface area contributed by atoms with Gasteiger partial charge in [0.2, 0.25) is 0 Å². The molecule has 94 valence electrons. The number of hydrogen-bond donors (Lipinski definition) is 1. The van der Waals surface area contributed by atoms with Crippen molar-refractivity contribution in [2.75, 3.05) is 0 Å². The van der Waals surface area contributed by atoms with Gasteiger partial charge < -0.3 is 5.11 Å². The Morgan fingerprint density at radius 2 is 1.94 bits per heavy atom. The molecule has 0 aromatic carbocycles. The first-order chi connectivity index (χ1) is 7.58. The third-order valence-electron chi connectivity index (χ3n) is 3.75. The molecule has 0 aromatic heterocycles. The first-order valence-corrected chi connectivity index (χ1v) is 6.88. The average molecular weight is 247 g/mol. The van der Waals surface area contributed by atoms with Crippen molar-refractivity contribution in [3.8, 4) is 0 Å². The standard InChI is InChI=1S/C13H23ClO2/c1-2-3-4-5-6-11-7-9-13(14,10-8-11)12(15)16/h11H,2-10H2,1H3,(H,15,16). The summed E-state index contributed by atoms with van der Waals surface area (Å²) in [6, 6.07) is 0. The van der Waals surface area contributed by atoms with E-state index < -0.39 is 10.8 Å². The van der Waals surface area contributed by atoms with Crippen LogP contribution in [0.25, 0.3) is 0 Å². The molecule has 0 aromatic rings. The molecule has 0 spiro atoms. The van der Waals surface area contributed by atoms with Crippen molar-refractivity contribution in [2.24, 2.45) is 5.92 Å². The van der Waals surface area contributed by atoms with Gasteiger partial charge in [-0.3, -0.25) is 4.79 Å². The molecule has 1 fully saturated rings. The summed E-state index contributed by atoms with van der Waals surface area (Å²) in [7, 11) is 0. The summed E-state index contributed by atoms with van der Waals surface area (Å²) in [5.41, 5.74) is 0. The molecule has 0 amide bonds. The summed E-state index contributed by atoms with van der Waals surface area (Å²) in [4.78, 5) is 9.99. The molecule has 0 heterocycles. The molecule has 0 bridgehead atoms. The average Bonchev–Trinajstić information content (AvgIpc) is 2.27. The third-order valence-corrected chi connectivity index (χ3v) is 4.29. The van der Waals surface area contributed by atoms with Crippen molar-refractivity contribution in [3.05, 3.63) is 0 Å². The normalized spacial score (nSPS) is 30.2. The summed E-state index contributed by atoms with van der Waals surface area (Å²) in [6.45, 7) is 2.22. The Hall–Kier alpha value is -0.240. The van der Waals surface area contributed by atoms with Gasteiger partial charge in [0.1, 0.15) is 4.87 Å². The van der Waals surface area contributed by atoms with E-state index in [9.17, 15) is 4.79 Å². The van der Waals surface area contributed by atoms with Crippen LogP contribution in [0.5, 0.6) is 0 Å². The van der Waals surface area contributed by atoms with Crippen LogP contribution in [0.3, 0.4) is 0 Å². The molecule has 0 aliphatic heterocycles. The molecule has 1 aliphatic rings. The Bertz CT molecular complexity index is 220. The van der Waals surface area contributed by atoms with Gasteiger partial charge in [-0.15, -0.1) is 11.6 Å². The van der Waals surface area contributed by atoms with E-state index in [1.54, 1.807) is 0 Å². The molecule has 3 heteroatoms. The van der Waals surface area contributed by atoms with Gasteiger partial charge in [0.15, 0.2) is 0 Å². The fourth-order valence-electron chi connectivity index (χ4n) is 2.50. The second kappa shape index (κ2) is 6.48. The lowest BCUT2D eigenvalue weighted by Crippen LogP contribution is -2.36. The third kappa shape index (κ3) is 3.97. The summed E-state index contributed by atoms with van der Waals surface area (Å²) >= 11 is 6.06. The molecule has 0 saturated heterocycles. The summed E-state index contributed by atoms with van der Waals surface area (Å²) in [5.74, 6) is -0.123. The topological polar surface area (TPSA) is 37.3 Å². The minimum atomic E-state index is -0.958. The molecular formula is C13H23ClO2. The molecule has 1 N–H and O–H groups in total. The van der Waals surface area contributed by atoms with E-state index in [2.05, 4.69) is 6.92 Å². The summed E-state index contributed by atoms with van der Waals surface area (Å²) < 4.78 is 0. The second-order valence-electron chi connectivity index (χ2n) is 5.06. The summed E-state index contributed by atoms with van der Waals surface area (Å²) in [5, 5.41) is 9.00. The van der Waals surface area contributed by atoms with Crippen molar-refractivity contribution in [3.63, 3.8) is 0 Å². The Morgan fingerprint density at radius 1 is 1.31 bits per heavy atom. The largest absolute Gasteiger partial charge is 0.480 e. The van der Waals surface area contributed by atoms with Crippen molar-refractivity contribution >= 4 is 17.6 Å². The van der Waals surface area contributed by atoms with Gasteiger partial charge in [0.25, 0.3) is 0 Å². The van der Waals surface area contributed by atoms with Gasteiger partial charge in [-0.2, -0.15) is 0 Å². The van der Waals surface area contributed by atoms with Crippen molar-refractivity contribution in [1.82, 2.24) is 0 Å². The lowest BCUT2D eigenvalue weighted by Gasteiger charge is -2.32. The lowest BCUT2D eigenvalue weighted by atomic mass is 9.79. The zero-order chi connectivity index (χ0) is 12.0. The first kappa shape index (κ1) is 13.8. The fraction of sp³-hybridized carbons (Fsp3) is 0.923. The van der Waals surface area contributed by atoms with E-state index in [1.807, 2.05) is 0 Å². The van der Waals surface area contributed by atoms with Crippen LogP contribution in [0, 0.1) is 5.92 Å². The molecule has 0 unspecified atom stereocenters. The van der Waals surface area contributed by atoms with Crippen LogP contribution in [0.2, 0.25) is 0 Å². The SMILES string of the molecule is CCCCCCC1CCC(Cl)(C(=O)O)CC1. The van der Waals surface area contributed by atoms with Crippen LogP contribution in [0.15, 0.2) is 0 Å². The first-order valence-electron chi connectivity index (χ1n) is 6.51. The van der Waals surface area contributed by atoms with Crippen LogP contribution in [-0.2, 0) is 4.79 Å². The van der Waals surface area contributed by atoms with Gasteiger partial charge in [-0.25, -0.2) is 0 Å². The zero-order valence-electron chi connectivity index (χ0n) is 10.2. The van der Waals surface area contributed by atoms with Gasteiger partial charge >= 0.3 is 5.97 Å². The minimum Gasteiger partial charge on any atom is -0.480 e. The molecule has 16 heavy (non-hydrogen) atoms. The smallest absolute Gasteiger partial charge is 0.324 e. The van der Waals surface area contributed by atoms with Gasteiger partial charge in [0, 0.05) is 0 Å². The Kier molecular flexibility index (Phi) is 5.60. The number of carboxylic acid groups (broad SMARTS) is 1. The maximum absolute atomic E-state index is 11.0. The molecule has 2 nitrogen and oxygen atoms in total. The Morgan fingerprint density at radius 3 is 2.44 bits per heavy atom. The highest BCUT2D eigenvalue weighted by Gasteiger charge is 2.39. The van der Waals surface area contributed by atoms with Crippen LogP contribution < -0.4 is 0 Å². The Balaban J connectivity index is 2.19. The molecule has 1 rings (SSSR count). The maximum atomic E-state index is 11.0. The van der Waals surface area contributed by atoms with Gasteiger partial charge in [-0.05, 0) is 31.6 Å². The number of carboxylic acids is 1. The van der Waals surface area contributed by atoms with Crippen LogP contribution in [-0.4, -0.2) is 16.0 Å². The lowest BCUT2D eigenvalue weighted by molar-refractivity contribution is -0.141. The van der Waals surface area contributed by atoms with Crippen molar-refractivity contribution < 1.29 is 9.90 Å². The molecule has 1 aliphatic carbocycles. The highest BCUT2D eigenvalue weighted by molar-refractivity contribution is 6.33. The molecule has 0 atom stereocenters. The maximum Gasteiger partial charge on any atom is 0.324 e. The van der Waals surface area contributed by atoms with Crippen molar-refractivity contribution in [2.45, 2.75) is 69.6 Å². The zero-order valence-corrected chi connectivity index (χ0v) is 10.9. The van der Waals surface area contributed by atoms with E-state index in [4.69, 9.17) is 16.7 Å². The monoisotopic (exact) mass is 246 g/mol. The number of halogens is 1. The van der Waals surface area contributed by atoms with E-state index in [0.717, 1.165) is 12.8 Å². The van der Waals surface area contributed by atoms with E-state index in [-0.39, 0.29) is 0 Å². The Labute approximate surface area is 103 Å². The molecular weight excluding hydrogens is 224 g/mol. The second-order valence-corrected chi connectivity index (χ2v) is 5.79. The summed E-state index contributed by atoms with van der Waals surface area (Å²) in [6.07, 6.45) is 9.72. The highest BCUT2D eigenvalue weighted by atomic mass is 35.5. The van der Waals surface area contributed by atoms with E-state index >= 15 is 0 Å². The van der Waals surface area contributed by atoms with E-state index in [1.165, 1.54) is 32.1 Å². The fourth-order valence-corrected chi connectivity index (χ4v) is 2.72. The van der Waals surface area contributed by atoms with Gasteiger partial charge in [-0.1, -0.05) is 39.0 Å². The molecule has 0 radical (unpaired) electrons. The number of rotatable bonds is 6.